The predicted molar refractivity (Wildman–Crippen MR) is 114 cm³/mol. The number of sulfonamides is 1. The van der Waals surface area contributed by atoms with Gasteiger partial charge in [-0.05, 0) is 30.7 Å². The third kappa shape index (κ3) is 5.99. The summed E-state index contributed by atoms with van der Waals surface area (Å²) in [5.41, 5.74) is 1.53. The lowest BCUT2D eigenvalue weighted by Gasteiger charge is -2.24. The van der Waals surface area contributed by atoms with Crippen molar-refractivity contribution in [3.05, 3.63) is 53.8 Å². The van der Waals surface area contributed by atoms with Crippen molar-refractivity contribution in [2.24, 2.45) is 0 Å². The number of hydrogen-bond donors (Lipinski definition) is 3. The predicted octanol–water partition coefficient (Wildman–Crippen LogP) is 2.75. The molecule has 1 heterocycles. The van der Waals surface area contributed by atoms with Crippen molar-refractivity contribution in [2.45, 2.75) is 30.2 Å². The molecule has 2 aromatic carbocycles. The van der Waals surface area contributed by atoms with Crippen LogP contribution in [0.15, 0.2) is 42.5 Å². The molecule has 2 atom stereocenters. The molecule has 3 rings (SSSR count). The van der Waals surface area contributed by atoms with E-state index in [9.17, 15) is 30.4 Å². The summed E-state index contributed by atoms with van der Waals surface area (Å²) >= 11 is 0. The highest BCUT2D eigenvalue weighted by molar-refractivity contribution is 7.89. The maximum absolute atomic E-state index is 14.4. The van der Waals surface area contributed by atoms with Crippen molar-refractivity contribution in [2.75, 3.05) is 26.7 Å². The Labute approximate surface area is 188 Å². The quantitative estimate of drug-likeness (QED) is 0.351. The Hall–Kier alpha value is -2.28. The molecule has 1 fully saturated rings. The standard InChI is InChI=1S/C21H24F5N3O3S/c1-27-8-9-32-18-15(6-3-7-16(18)22)14-5-2-4-13(10-14)11-17-19(21(25,26)12-28-17)29-33(30,31)20(23)24/h2-7,10,17,19-20,27-29H,8-9,11-12H2,1H3/t17-,19+/m0/s1. The van der Waals surface area contributed by atoms with Gasteiger partial charge in [-0.3, -0.25) is 0 Å². The van der Waals surface area contributed by atoms with Crippen LogP contribution in [0, 0.1) is 5.82 Å². The number of ether oxygens (including phenoxy) is 1. The average molecular weight is 493 g/mol. The van der Waals surface area contributed by atoms with Gasteiger partial charge in [0.25, 0.3) is 15.9 Å². The van der Waals surface area contributed by atoms with Gasteiger partial charge in [0.2, 0.25) is 0 Å². The maximum Gasteiger partial charge on any atom is 0.350 e. The minimum absolute atomic E-state index is 0.0398. The number of likely N-dealkylation sites (N-methyl/N-ethyl adjacent to an activating group) is 1. The zero-order valence-corrected chi connectivity index (χ0v) is 18.4. The SMILES string of the molecule is CNCCOc1c(F)cccc1-c1cccc(C[C@@H]2NCC(F)(F)[C@@H]2NS(=O)(=O)C(F)F)c1. The zero-order chi connectivity index (χ0) is 24.2. The Balaban J connectivity index is 1.85. The molecule has 0 amide bonds. The number of alkyl halides is 4. The molecule has 3 N–H and O–H groups in total. The molecule has 6 nitrogen and oxygen atoms in total. The molecule has 0 saturated carbocycles. The van der Waals surface area contributed by atoms with Crippen LogP contribution in [0.25, 0.3) is 11.1 Å². The third-order valence-electron chi connectivity index (χ3n) is 5.24. The number of para-hydroxylation sites is 1. The molecule has 1 saturated heterocycles. The molecule has 182 valence electrons. The number of nitrogens with one attached hydrogen (secondary N) is 3. The van der Waals surface area contributed by atoms with Crippen LogP contribution >= 0.6 is 0 Å². The Kier molecular flexibility index (Phi) is 7.93. The zero-order valence-electron chi connectivity index (χ0n) is 17.6. The number of benzene rings is 2. The Bertz CT molecular complexity index is 1070. The van der Waals surface area contributed by atoms with E-state index in [1.807, 2.05) is 0 Å². The minimum atomic E-state index is -5.22. The van der Waals surface area contributed by atoms with Crippen LogP contribution in [-0.2, 0) is 16.4 Å². The van der Waals surface area contributed by atoms with Crippen LogP contribution in [0.4, 0.5) is 22.0 Å². The van der Waals surface area contributed by atoms with E-state index in [4.69, 9.17) is 4.74 Å². The third-order valence-corrected chi connectivity index (χ3v) is 6.29. The molecule has 12 heteroatoms. The summed E-state index contributed by atoms with van der Waals surface area (Å²) in [4.78, 5) is 0. The molecule has 2 aromatic rings. The summed E-state index contributed by atoms with van der Waals surface area (Å²) < 4.78 is 98.4. The largest absolute Gasteiger partial charge is 0.489 e. The van der Waals surface area contributed by atoms with E-state index in [1.54, 1.807) is 37.4 Å². The summed E-state index contributed by atoms with van der Waals surface area (Å²) in [7, 11) is -3.49. The number of halogens is 5. The van der Waals surface area contributed by atoms with E-state index in [0.717, 1.165) is 0 Å². The van der Waals surface area contributed by atoms with Crippen molar-refractivity contribution in [3.63, 3.8) is 0 Å². The van der Waals surface area contributed by atoms with Crippen molar-refractivity contribution < 1.29 is 35.1 Å². The molecule has 1 aliphatic heterocycles. The van der Waals surface area contributed by atoms with Gasteiger partial charge in [0.05, 0.1) is 6.54 Å². The average Bonchev–Trinajstić information content (AvgIpc) is 3.02. The Morgan fingerprint density at radius 3 is 2.64 bits per heavy atom. The number of rotatable bonds is 10. The fourth-order valence-corrected chi connectivity index (χ4v) is 4.43. The lowest BCUT2D eigenvalue weighted by atomic mass is 9.96. The Morgan fingerprint density at radius 2 is 1.94 bits per heavy atom. The van der Waals surface area contributed by atoms with Crippen LogP contribution < -0.4 is 20.1 Å². The Morgan fingerprint density at radius 1 is 1.21 bits per heavy atom. The maximum atomic E-state index is 14.4. The van der Waals surface area contributed by atoms with E-state index in [1.165, 1.54) is 16.9 Å². The van der Waals surface area contributed by atoms with Crippen LogP contribution in [0.3, 0.4) is 0 Å². The smallest absolute Gasteiger partial charge is 0.350 e. The summed E-state index contributed by atoms with van der Waals surface area (Å²) in [6.45, 7) is -0.149. The van der Waals surface area contributed by atoms with Gasteiger partial charge in [-0.15, -0.1) is 0 Å². The molecule has 0 spiro atoms. The van der Waals surface area contributed by atoms with Crippen LogP contribution in [0.2, 0.25) is 0 Å². The molecule has 0 aliphatic carbocycles. The first-order valence-corrected chi connectivity index (χ1v) is 11.7. The normalized spacial score (nSPS) is 20.3. The first kappa shape index (κ1) is 25.3. The molecule has 0 radical (unpaired) electrons. The van der Waals surface area contributed by atoms with Gasteiger partial charge in [0.15, 0.2) is 11.6 Å². The van der Waals surface area contributed by atoms with Crippen molar-refractivity contribution in [1.29, 1.82) is 0 Å². The number of hydrogen-bond acceptors (Lipinski definition) is 5. The molecular formula is C21H24F5N3O3S. The summed E-state index contributed by atoms with van der Waals surface area (Å²) in [5.74, 6) is -7.90. The molecular weight excluding hydrogens is 469 g/mol. The summed E-state index contributed by atoms with van der Waals surface area (Å²) in [5, 5.41) is 5.40. The van der Waals surface area contributed by atoms with Gasteiger partial charge in [0.1, 0.15) is 12.6 Å². The van der Waals surface area contributed by atoms with Crippen LogP contribution in [0.5, 0.6) is 5.75 Å². The highest BCUT2D eigenvalue weighted by Gasteiger charge is 2.52. The molecule has 0 bridgehead atoms. The molecule has 0 unspecified atom stereocenters. The summed E-state index contributed by atoms with van der Waals surface area (Å²) in [6.07, 6.45) is -0.0783. The second-order valence-electron chi connectivity index (χ2n) is 7.62. The first-order valence-electron chi connectivity index (χ1n) is 10.1. The van der Waals surface area contributed by atoms with E-state index >= 15 is 0 Å². The van der Waals surface area contributed by atoms with Crippen LogP contribution in [-0.4, -0.2) is 58.9 Å². The molecule has 1 aliphatic rings. The summed E-state index contributed by atoms with van der Waals surface area (Å²) in [6, 6.07) is 7.83. The van der Waals surface area contributed by atoms with E-state index < -0.39 is 46.1 Å². The lowest BCUT2D eigenvalue weighted by Crippen LogP contribution is -2.52. The highest BCUT2D eigenvalue weighted by atomic mass is 32.2. The monoisotopic (exact) mass is 493 g/mol. The van der Waals surface area contributed by atoms with E-state index in [0.29, 0.717) is 23.2 Å². The van der Waals surface area contributed by atoms with Gasteiger partial charge in [0, 0.05) is 18.2 Å². The van der Waals surface area contributed by atoms with Gasteiger partial charge in [-0.25, -0.2) is 21.6 Å². The van der Waals surface area contributed by atoms with Crippen molar-refractivity contribution >= 4 is 10.0 Å². The van der Waals surface area contributed by atoms with E-state index in [2.05, 4.69) is 10.6 Å². The molecule has 0 aromatic heterocycles. The lowest BCUT2D eigenvalue weighted by molar-refractivity contribution is -0.00133. The topological polar surface area (TPSA) is 79.5 Å². The first-order chi connectivity index (χ1) is 15.5. The van der Waals surface area contributed by atoms with Gasteiger partial charge >= 0.3 is 5.76 Å². The van der Waals surface area contributed by atoms with E-state index in [-0.39, 0.29) is 18.8 Å². The highest BCUT2D eigenvalue weighted by Crippen LogP contribution is 2.34. The van der Waals surface area contributed by atoms with Gasteiger partial charge < -0.3 is 15.4 Å². The van der Waals surface area contributed by atoms with Gasteiger partial charge in [-0.1, -0.05) is 36.4 Å². The van der Waals surface area contributed by atoms with Crippen molar-refractivity contribution in [1.82, 2.24) is 15.4 Å². The minimum Gasteiger partial charge on any atom is -0.489 e. The van der Waals surface area contributed by atoms with Gasteiger partial charge in [-0.2, -0.15) is 13.5 Å². The second-order valence-corrected chi connectivity index (χ2v) is 9.30. The molecule has 33 heavy (non-hydrogen) atoms. The second kappa shape index (κ2) is 10.3. The van der Waals surface area contributed by atoms with Crippen LogP contribution in [0.1, 0.15) is 5.56 Å². The van der Waals surface area contributed by atoms with Crippen molar-refractivity contribution in [3.8, 4) is 16.9 Å². The fraction of sp³-hybridized carbons (Fsp3) is 0.429. The fourth-order valence-electron chi connectivity index (χ4n) is 3.63.